The van der Waals surface area contributed by atoms with E-state index in [4.69, 9.17) is 14.2 Å². The van der Waals surface area contributed by atoms with Crippen LogP contribution in [0.2, 0.25) is 0 Å². The fourth-order valence-corrected chi connectivity index (χ4v) is 2.81. The van der Waals surface area contributed by atoms with Crippen molar-refractivity contribution in [3.05, 3.63) is 48.0 Å². The predicted molar refractivity (Wildman–Crippen MR) is 90.5 cm³/mol. The number of sulfonamides is 1. The minimum absolute atomic E-state index is 0.123. The van der Waals surface area contributed by atoms with E-state index in [2.05, 4.69) is 9.93 Å². The molecule has 2 rings (SSSR count). The summed E-state index contributed by atoms with van der Waals surface area (Å²) in [5.41, 5.74) is 0.504. The Kier molecular flexibility index (Phi) is 5.64. The van der Waals surface area contributed by atoms with Crippen LogP contribution in [0.15, 0.2) is 52.5 Å². The Bertz CT molecular complexity index is 820. The van der Waals surface area contributed by atoms with E-state index < -0.39 is 10.0 Å². The molecule has 0 aliphatic carbocycles. The van der Waals surface area contributed by atoms with Crippen molar-refractivity contribution in [3.63, 3.8) is 0 Å². The maximum absolute atomic E-state index is 12.1. The number of hydrogen-bond donors (Lipinski definition) is 1. The molecule has 0 amide bonds. The van der Waals surface area contributed by atoms with E-state index in [9.17, 15) is 8.42 Å². The molecule has 24 heavy (non-hydrogen) atoms. The minimum Gasteiger partial charge on any atom is -0.497 e. The standard InChI is InChI=1S/C16H18N2O5S/c1-21-13-9-12(16(23-3)15(10-13)22-2)11-17-18-24(19,20)14-7-5-4-6-8-14/h4-11,18H,1-3H3. The van der Waals surface area contributed by atoms with E-state index in [0.29, 0.717) is 22.8 Å². The second-order valence-corrected chi connectivity index (χ2v) is 6.28. The third-order valence-electron chi connectivity index (χ3n) is 3.15. The van der Waals surface area contributed by atoms with Crippen LogP contribution in [0.4, 0.5) is 0 Å². The van der Waals surface area contributed by atoms with Gasteiger partial charge in [0.05, 0.1) is 32.4 Å². The maximum Gasteiger partial charge on any atom is 0.276 e. The van der Waals surface area contributed by atoms with Crippen LogP contribution in [-0.2, 0) is 10.0 Å². The van der Waals surface area contributed by atoms with E-state index in [1.807, 2.05) is 0 Å². The average Bonchev–Trinajstić information content (AvgIpc) is 2.61. The molecule has 0 saturated carbocycles. The summed E-state index contributed by atoms with van der Waals surface area (Å²) >= 11 is 0. The Labute approximate surface area is 140 Å². The molecule has 0 aromatic heterocycles. The van der Waals surface area contributed by atoms with Gasteiger partial charge in [-0.15, -0.1) is 0 Å². The lowest BCUT2D eigenvalue weighted by molar-refractivity contribution is 0.348. The van der Waals surface area contributed by atoms with Crippen LogP contribution >= 0.6 is 0 Å². The molecule has 0 fully saturated rings. The SMILES string of the molecule is COc1cc(C=NNS(=O)(=O)c2ccccc2)c(OC)c(OC)c1. The van der Waals surface area contributed by atoms with Crippen molar-refractivity contribution in [2.45, 2.75) is 4.90 Å². The monoisotopic (exact) mass is 350 g/mol. The smallest absolute Gasteiger partial charge is 0.276 e. The molecule has 0 aliphatic heterocycles. The highest BCUT2D eigenvalue weighted by atomic mass is 32.2. The molecule has 8 heteroatoms. The molecule has 2 aromatic carbocycles. The fraction of sp³-hybridized carbons (Fsp3) is 0.188. The van der Waals surface area contributed by atoms with Gasteiger partial charge in [-0.3, -0.25) is 0 Å². The molecule has 0 saturated heterocycles. The number of hydrogen-bond acceptors (Lipinski definition) is 6. The molecule has 0 radical (unpaired) electrons. The van der Waals surface area contributed by atoms with E-state index in [1.54, 1.807) is 30.3 Å². The summed E-state index contributed by atoms with van der Waals surface area (Å²) in [6.45, 7) is 0. The van der Waals surface area contributed by atoms with Crippen molar-refractivity contribution < 1.29 is 22.6 Å². The third kappa shape index (κ3) is 3.96. The zero-order valence-corrected chi connectivity index (χ0v) is 14.3. The summed E-state index contributed by atoms with van der Waals surface area (Å²) in [6, 6.07) is 11.3. The number of hydrazone groups is 1. The second kappa shape index (κ2) is 7.69. The summed E-state index contributed by atoms with van der Waals surface area (Å²) < 4.78 is 39.9. The maximum atomic E-state index is 12.1. The molecule has 0 aliphatic rings. The molecular formula is C16H18N2O5S. The van der Waals surface area contributed by atoms with Crippen LogP contribution in [0.1, 0.15) is 5.56 Å². The van der Waals surface area contributed by atoms with Crippen LogP contribution in [0.5, 0.6) is 17.2 Å². The Morgan fingerprint density at radius 3 is 2.29 bits per heavy atom. The van der Waals surface area contributed by atoms with Gasteiger partial charge in [-0.05, 0) is 18.2 Å². The first-order chi connectivity index (χ1) is 11.5. The van der Waals surface area contributed by atoms with Crippen molar-refractivity contribution in [3.8, 4) is 17.2 Å². The van der Waals surface area contributed by atoms with Crippen molar-refractivity contribution in [1.29, 1.82) is 0 Å². The summed E-state index contributed by atoms with van der Waals surface area (Å²) in [5, 5.41) is 3.80. The zero-order valence-electron chi connectivity index (χ0n) is 13.5. The Hall–Kier alpha value is -2.74. The largest absolute Gasteiger partial charge is 0.497 e. The number of methoxy groups -OCH3 is 3. The highest BCUT2D eigenvalue weighted by Gasteiger charge is 2.13. The van der Waals surface area contributed by atoms with Crippen molar-refractivity contribution in [2.75, 3.05) is 21.3 Å². The molecule has 1 N–H and O–H groups in total. The molecule has 0 bridgehead atoms. The number of benzene rings is 2. The lowest BCUT2D eigenvalue weighted by Crippen LogP contribution is -2.18. The quantitative estimate of drug-likeness (QED) is 0.610. The molecule has 128 valence electrons. The number of ether oxygens (including phenoxy) is 3. The van der Waals surface area contributed by atoms with E-state index in [1.165, 1.54) is 39.7 Å². The van der Waals surface area contributed by atoms with Gasteiger partial charge >= 0.3 is 0 Å². The first-order valence-electron chi connectivity index (χ1n) is 6.91. The van der Waals surface area contributed by atoms with Crippen LogP contribution in [-0.4, -0.2) is 36.0 Å². The molecule has 0 atom stereocenters. The van der Waals surface area contributed by atoms with Gasteiger partial charge in [-0.2, -0.15) is 13.5 Å². The van der Waals surface area contributed by atoms with Crippen LogP contribution in [0, 0.1) is 0 Å². The number of nitrogens with one attached hydrogen (secondary N) is 1. The number of nitrogens with zero attached hydrogens (tertiary/aromatic N) is 1. The molecule has 0 heterocycles. The Balaban J connectivity index is 2.29. The van der Waals surface area contributed by atoms with Crippen molar-refractivity contribution >= 4 is 16.2 Å². The highest BCUT2D eigenvalue weighted by Crippen LogP contribution is 2.34. The molecule has 2 aromatic rings. The first kappa shape index (κ1) is 17.6. The molecular weight excluding hydrogens is 332 g/mol. The predicted octanol–water partition coefficient (Wildman–Crippen LogP) is 2.02. The van der Waals surface area contributed by atoms with Gasteiger partial charge in [0.25, 0.3) is 10.0 Å². The van der Waals surface area contributed by atoms with E-state index >= 15 is 0 Å². The zero-order chi connectivity index (χ0) is 17.6. The molecule has 0 unspecified atom stereocenters. The van der Waals surface area contributed by atoms with Gasteiger partial charge in [0.15, 0.2) is 11.5 Å². The third-order valence-corrected chi connectivity index (χ3v) is 4.39. The van der Waals surface area contributed by atoms with Gasteiger partial charge < -0.3 is 14.2 Å². The first-order valence-corrected chi connectivity index (χ1v) is 8.40. The van der Waals surface area contributed by atoms with Gasteiger partial charge in [0, 0.05) is 11.6 Å². The average molecular weight is 350 g/mol. The van der Waals surface area contributed by atoms with Crippen LogP contribution in [0.25, 0.3) is 0 Å². The highest BCUT2D eigenvalue weighted by molar-refractivity contribution is 7.89. The van der Waals surface area contributed by atoms with Gasteiger partial charge in [0.1, 0.15) is 5.75 Å². The number of rotatable bonds is 7. The second-order valence-electron chi connectivity index (χ2n) is 4.62. The van der Waals surface area contributed by atoms with Gasteiger partial charge in [-0.1, -0.05) is 18.2 Å². The van der Waals surface area contributed by atoms with Crippen LogP contribution in [0.3, 0.4) is 0 Å². The van der Waals surface area contributed by atoms with Gasteiger partial charge in [0.2, 0.25) is 0 Å². The lowest BCUT2D eigenvalue weighted by Gasteiger charge is -2.12. The van der Waals surface area contributed by atoms with Gasteiger partial charge in [-0.25, -0.2) is 4.83 Å². The van der Waals surface area contributed by atoms with E-state index in [-0.39, 0.29) is 4.90 Å². The van der Waals surface area contributed by atoms with E-state index in [0.717, 1.165) is 0 Å². The van der Waals surface area contributed by atoms with Crippen molar-refractivity contribution in [1.82, 2.24) is 4.83 Å². The van der Waals surface area contributed by atoms with Crippen molar-refractivity contribution in [2.24, 2.45) is 5.10 Å². The molecule has 7 nitrogen and oxygen atoms in total. The van der Waals surface area contributed by atoms with Crippen LogP contribution < -0.4 is 19.0 Å². The lowest BCUT2D eigenvalue weighted by atomic mass is 10.2. The summed E-state index contributed by atoms with van der Waals surface area (Å²) in [6.07, 6.45) is 1.32. The summed E-state index contributed by atoms with van der Waals surface area (Å²) in [7, 11) is 0.760. The summed E-state index contributed by atoms with van der Waals surface area (Å²) in [4.78, 5) is 2.28. The summed E-state index contributed by atoms with van der Waals surface area (Å²) in [5.74, 6) is 1.39. The Morgan fingerprint density at radius 1 is 1.00 bits per heavy atom. The topological polar surface area (TPSA) is 86.2 Å². The fourth-order valence-electron chi connectivity index (χ4n) is 2.00. The Morgan fingerprint density at radius 2 is 1.71 bits per heavy atom. The molecule has 0 spiro atoms. The normalized spacial score (nSPS) is 11.3. The minimum atomic E-state index is -3.73.